The molecule has 2 unspecified atom stereocenters. The van der Waals surface area contributed by atoms with Crippen LogP contribution >= 0.6 is 0 Å². The number of anilines is 1. The maximum Gasteiger partial charge on any atom is 0.180 e. The predicted octanol–water partition coefficient (Wildman–Crippen LogP) is 4.18. The van der Waals surface area contributed by atoms with Gasteiger partial charge < -0.3 is 5.32 Å². The molecule has 5 rings (SSSR count). The molecule has 34 heavy (non-hydrogen) atoms. The highest BCUT2D eigenvalue weighted by atomic mass is 19.1. The Hall–Kier alpha value is -3.65. The fourth-order valence-electron chi connectivity index (χ4n) is 4.49. The molecule has 1 N–H and O–H groups in total. The van der Waals surface area contributed by atoms with Crippen molar-refractivity contribution >= 4 is 17.2 Å². The Labute approximate surface area is 197 Å². The molecular weight excluding hydrogens is 431 g/mol. The number of ketones is 1. The van der Waals surface area contributed by atoms with E-state index in [4.69, 9.17) is 0 Å². The summed E-state index contributed by atoms with van der Waals surface area (Å²) in [6.45, 7) is 4.10. The third-order valence-electron chi connectivity index (χ3n) is 6.37. The second-order valence-corrected chi connectivity index (χ2v) is 8.80. The second-order valence-electron chi connectivity index (χ2n) is 8.80. The van der Waals surface area contributed by atoms with E-state index in [1.807, 2.05) is 43.3 Å². The average Bonchev–Trinajstić information content (AvgIpc) is 3.27. The van der Waals surface area contributed by atoms with Gasteiger partial charge in [0, 0.05) is 30.9 Å². The summed E-state index contributed by atoms with van der Waals surface area (Å²) in [5, 5.41) is 3.50. The maximum atomic E-state index is 13.7. The standard InChI is InChI=1S/C26H27FN6O/c1-18(19-6-3-2-4-7-19)23(34)17-32-13-5-8-21(16-32)30-24-11-12-28-26(31-24)22-14-29-25-10-9-20(27)15-33(22)25/h2-4,6-7,9-12,14-15,18,21H,5,8,13,16-17H2,1H3,(H,28,30,31). The smallest absolute Gasteiger partial charge is 0.180 e. The van der Waals surface area contributed by atoms with E-state index in [0.717, 1.165) is 31.5 Å². The number of likely N-dealkylation sites (tertiary alicyclic amines) is 1. The first kappa shape index (κ1) is 22.2. The molecule has 1 aliphatic rings. The highest BCUT2D eigenvalue weighted by Crippen LogP contribution is 2.22. The summed E-state index contributed by atoms with van der Waals surface area (Å²) in [7, 11) is 0. The molecule has 1 fully saturated rings. The Morgan fingerprint density at radius 1 is 1.18 bits per heavy atom. The van der Waals surface area contributed by atoms with Crippen LogP contribution in [0.4, 0.5) is 10.2 Å². The number of Topliss-reactive ketones (excluding diaryl/α,β-unsaturated/α-hetero) is 1. The summed E-state index contributed by atoms with van der Waals surface area (Å²) in [4.78, 5) is 28.4. The van der Waals surface area contributed by atoms with E-state index < -0.39 is 0 Å². The second kappa shape index (κ2) is 9.69. The van der Waals surface area contributed by atoms with Gasteiger partial charge in [0.15, 0.2) is 11.6 Å². The highest BCUT2D eigenvalue weighted by molar-refractivity contribution is 5.87. The van der Waals surface area contributed by atoms with Gasteiger partial charge in [0.25, 0.3) is 0 Å². The monoisotopic (exact) mass is 458 g/mol. The molecule has 1 saturated heterocycles. The van der Waals surface area contributed by atoms with Crippen LogP contribution in [0.2, 0.25) is 0 Å². The van der Waals surface area contributed by atoms with Crippen molar-refractivity contribution in [2.45, 2.75) is 31.7 Å². The fourth-order valence-corrected chi connectivity index (χ4v) is 4.49. The zero-order chi connectivity index (χ0) is 23.5. The molecule has 7 nitrogen and oxygen atoms in total. The number of halogens is 1. The van der Waals surface area contributed by atoms with E-state index in [0.29, 0.717) is 29.5 Å². The van der Waals surface area contributed by atoms with E-state index in [-0.39, 0.29) is 23.6 Å². The lowest BCUT2D eigenvalue weighted by Gasteiger charge is -2.33. The first-order chi connectivity index (χ1) is 16.6. The Morgan fingerprint density at radius 3 is 2.88 bits per heavy atom. The molecule has 3 aromatic heterocycles. The minimum atomic E-state index is -0.348. The normalized spacial score (nSPS) is 17.5. The van der Waals surface area contributed by atoms with Crippen LogP contribution in [0.3, 0.4) is 0 Å². The summed E-state index contributed by atoms with van der Waals surface area (Å²) in [6.07, 6.45) is 6.73. The number of piperidine rings is 1. The van der Waals surface area contributed by atoms with E-state index in [2.05, 4.69) is 25.2 Å². The largest absolute Gasteiger partial charge is 0.366 e. The van der Waals surface area contributed by atoms with Crippen LogP contribution in [0.15, 0.2) is 67.1 Å². The van der Waals surface area contributed by atoms with Crippen LogP contribution in [0, 0.1) is 5.82 Å². The number of fused-ring (bicyclic) bond motifs is 1. The molecule has 0 saturated carbocycles. The number of carbonyl (C=O) groups is 1. The molecule has 2 atom stereocenters. The number of hydrogen-bond donors (Lipinski definition) is 1. The number of imidazole rings is 1. The van der Waals surface area contributed by atoms with E-state index in [1.165, 1.54) is 12.3 Å². The summed E-state index contributed by atoms with van der Waals surface area (Å²) in [6, 6.07) is 14.9. The Kier molecular flexibility index (Phi) is 6.31. The molecule has 0 spiro atoms. The van der Waals surface area contributed by atoms with E-state index >= 15 is 0 Å². The van der Waals surface area contributed by atoms with Gasteiger partial charge in [-0.2, -0.15) is 0 Å². The number of hydrogen-bond acceptors (Lipinski definition) is 6. The number of nitrogens with one attached hydrogen (secondary N) is 1. The maximum absolute atomic E-state index is 13.7. The SMILES string of the molecule is CC(C(=O)CN1CCCC(Nc2ccnc(-c3cnc4ccc(F)cn34)n2)C1)c1ccccc1. The predicted molar refractivity (Wildman–Crippen MR) is 129 cm³/mol. The third-order valence-corrected chi connectivity index (χ3v) is 6.37. The van der Waals surface area contributed by atoms with Crippen LogP contribution in [0.5, 0.6) is 0 Å². The molecular formula is C26H27FN6O. The number of nitrogens with zero attached hydrogens (tertiary/aromatic N) is 5. The summed E-state index contributed by atoms with van der Waals surface area (Å²) in [5.41, 5.74) is 2.32. The summed E-state index contributed by atoms with van der Waals surface area (Å²) >= 11 is 0. The van der Waals surface area contributed by atoms with E-state index in [9.17, 15) is 9.18 Å². The third kappa shape index (κ3) is 4.82. The Morgan fingerprint density at radius 2 is 2.03 bits per heavy atom. The number of carbonyl (C=O) groups excluding carboxylic acids is 1. The molecule has 4 heterocycles. The minimum absolute atomic E-state index is 0.116. The van der Waals surface area contributed by atoms with Crippen LogP contribution < -0.4 is 5.32 Å². The highest BCUT2D eigenvalue weighted by Gasteiger charge is 2.24. The van der Waals surface area contributed by atoms with Crippen molar-refractivity contribution in [3.8, 4) is 11.5 Å². The van der Waals surface area contributed by atoms with Gasteiger partial charge in [-0.15, -0.1) is 0 Å². The van der Waals surface area contributed by atoms with Gasteiger partial charge in [-0.25, -0.2) is 19.3 Å². The summed E-state index contributed by atoms with van der Waals surface area (Å²) < 4.78 is 15.4. The van der Waals surface area contributed by atoms with Crippen LogP contribution in [0.1, 0.15) is 31.2 Å². The quantitative estimate of drug-likeness (QED) is 0.448. The zero-order valence-corrected chi connectivity index (χ0v) is 19.1. The minimum Gasteiger partial charge on any atom is -0.366 e. The molecule has 1 aliphatic heterocycles. The topological polar surface area (TPSA) is 75.4 Å². The molecule has 1 aromatic carbocycles. The lowest BCUT2D eigenvalue weighted by molar-refractivity contribution is -0.121. The Bertz CT molecular complexity index is 1290. The zero-order valence-electron chi connectivity index (χ0n) is 19.1. The molecule has 0 bridgehead atoms. The molecule has 174 valence electrons. The van der Waals surface area contributed by atoms with Gasteiger partial charge in [-0.3, -0.25) is 14.1 Å². The van der Waals surface area contributed by atoms with Gasteiger partial charge in [-0.1, -0.05) is 37.3 Å². The van der Waals surface area contributed by atoms with E-state index in [1.54, 1.807) is 22.9 Å². The van der Waals surface area contributed by atoms with Crippen molar-refractivity contribution in [3.05, 3.63) is 78.5 Å². The van der Waals surface area contributed by atoms with Crippen molar-refractivity contribution in [1.29, 1.82) is 0 Å². The number of pyridine rings is 1. The number of rotatable bonds is 7. The first-order valence-electron chi connectivity index (χ1n) is 11.6. The van der Waals surface area contributed by atoms with Crippen LogP contribution in [-0.4, -0.2) is 55.7 Å². The summed E-state index contributed by atoms with van der Waals surface area (Å²) in [5.74, 6) is 0.944. The Balaban J connectivity index is 1.25. The fraction of sp³-hybridized carbons (Fsp3) is 0.308. The first-order valence-corrected chi connectivity index (χ1v) is 11.6. The lowest BCUT2D eigenvalue weighted by Crippen LogP contribution is -2.44. The number of aromatic nitrogens is 4. The van der Waals surface area contributed by atoms with Crippen molar-refractivity contribution in [2.24, 2.45) is 0 Å². The van der Waals surface area contributed by atoms with Crippen molar-refractivity contribution in [3.63, 3.8) is 0 Å². The molecule has 4 aromatic rings. The lowest BCUT2D eigenvalue weighted by atomic mass is 9.95. The van der Waals surface area contributed by atoms with Gasteiger partial charge >= 0.3 is 0 Å². The van der Waals surface area contributed by atoms with Crippen LogP contribution in [0.25, 0.3) is 17.2 Å². The van der Waals surface area contributed by atoms with Crippen molar-refractivity contribution in [1.82, 2.24) is 24.3 Å². The molecule has 0 amide bonds. The van der Waals surface area contributed by atoms with Gasteiger partial charge in [-0.05, 0) is 43.1 Å². The van der Waals surface area contributed by atoms with Crippen molar-refractivity contribution < 1.29 is 9.18 Å². The molecule has 0 radical (unpaired) electrons. The van der Waals surface area contributed by atoms with Gasteiger partial charge in [0.1, 0.15) is 23.0 Å². The molecule has 0 aliphatic carbocycles. The van der Waals surface area contributed by atoms with Gasteiger partial charge in [0.05, 0.1) is 12.7 Å². The average molecular weight is 459 g/mol. The molecule has 8 heteroatoms. The van der Waals surface area contributed by atoms with Gasteiger partial charge in [0.2, 0.25) is 0 Å². The van der Waals surface area contributed by atoms with Crippen LogP contribution in [-0.2, 0) is 4.79 Å². The number of benzene rings is 1. The van der Waals surface area contributed by atoms with Crippen molar-refractivity contribution in [2.75, 3.05) is 25.0 Å².